The summed E-state index contributed by atoms with van der Waals surface area (Å²) in [4.78, 5) is 38.6. The zero-order valence-electron chi connectivity index (χ0n) is 9.52. The number of rotatable bonds is 3. The molecule has 0 unspecified atom stereocenters. The standard InChI is InChI=1S/C10H14N2O5/c1-10(2)5(6(10)9(15)16)8(14)11-4-3-17-12-7(4)13/h4-6H,3H2,1-2H3,(H,11,14)(H,12,13)(H,15,16)/t4-,5-,6+/m1/s1. The van der Waals surface area contributed by atoms with Gasteiger partial charge in [0.05, 0.1) is 11.8 Å². The third-order valence-electron chi connectivity index (χ3n) is 3.43. The van der Waals surface area contributed by atoms with Crippen molar-refractivity contribution in [1.29, 1.82) is 0 Å². The Labute approximate surface area is 97.5 Å². The summed E-state index contributed by atoms with van der Waals surface area (Å²) in [6, 6.07) is -0.728. The first-order valence-electron chi connectivity index (χ1n) is 5.30. The second-order valence-electron chi connectivity index (χ2n) is 4.95. The molecule has 1 aliphatic carbocycles. The number of carbonyl (C=O) groups is 3. The summed E-state index contributed by atoms with van der Waals surface area (Å²) < 4.78 is 0. The van der Waals surface area contributed by atoms with E-state index < -0.39 is 41.1 Å². The molecule has 2 amide bonds. The van der Waals surface area contributed by atoms with E-state index in [1.54, 1.807) is 13.8 Å². The fourth-order valence-electron chi connectivity index (χ4n) is 2.30. The van der Waals surface area contributed by atoms with Gasteiger partial charge >= 0.3 is 5.97 Å². The van der Waals surface area contributed by atoms with E-state index >= 15 is 0 Å². The highest BCUT2D eigenvalue weighted by Crippen LogP contribution is 2.58. The molecule has 0 radical (unpaired) electrons. The van der Waals surface area contributed by atoms with Gasteiger partial charge in [0.15, 0.2) is 0 Å². The van der Waals surface area contributed by atoms with Gasteiger partial charge in [-0.1, -0.05) is 13.8 Å². The predicted molar refractivity (Wildman–Crippen MR) is 54.4 cm³/mol. The minimum atomic E-state index is -0.984. The minimum absolute atomic E-state index is 0.0649. The smallest absolute Gasteiger partial charge is 0.307 e. The molecular formula is C10H14N2O5. The molecule has 0 aromatic heterocycles. The first kappa shape index (κ1) is 11.8. The molecule has 94 valence electrons. The monoisotopic (exact) mass is 242 g/mol. The van der Waals surface area contributed by atoms with E-state index in [1.807, 2.05) is 0 Å². The predicted octanol–water partition coefficient (Wildman–Crippen LogP) is -1.11. The molecule has 2 rings (SSSR count). The number of amides is 2. The minimum Gasteiger partial charge on any atom is -0.481 e. The van der Waals surface area contributed by atoms with Crippen molar-refractivity contribution in [1.82, 2.24) is 10.8 Å². The number of hydrogen-bond donors (Lipinski definition) is 3. The van der Waals surface area contributed by atoms with E-state index in [0.717, 1.165) is 0 Å². The lowest BCUT2D eigenvalue weighted by Gasteiger charge is -2.08. The number of hydroxylamine groups is 1. The highest BCUT2D eigenvalue weighted by Gasteiger charge is 2.66. The van der Waals surface area contributed by atoms with Crippen LogP contribution in [0.5, 0.6) is 0 Å². The van der Waals surface area contributed by atoms with Gasteiger partial charge in [-0.3, -0.25) is 19.2 Å². The van der Waals surface area contributed by atoms with Gasteiger partial charge in [-0.2, -0.15) is 0 Å². The van der Waals surface area contributed by atoms with Gasteiger partial charge in [0, 0.05) is 0 Å². The van der Waals surface area contributed by atoms with Gasteiger partial charge in [0.2, 0.25) is 5.91 Å². The summed E-state index contributed by atoms with van der Waals surface area (Å²) >= 11 is 0. The van der Waals surface area contributed by atoms with Crippen molar-refractivity contribution in [2.24, 2.45) is 17.3 Å². The summed E-state index contributed by atoms with van der Waals surface area (Å²) in [7, 11) is 0. The summed E-state index contributed by atoms with van der Waals surface area (Å²) in [5, 5.41) is 11.4. The van der Waals surface area contributed by atoms with Crippen LogP contribution in [0.2, 0.25) is 0 Å². The lowest BCUT2D eigenvalue weighted by molar-refractivity contribution is -0.140. The normalized spacial score (nSPS) is 34.0. The maximum atomic E-state index is 11.8. The van der Waals surface area contributed by atoms with Crippen molar-refractivity contribution in [2.75, 3.05) is 6.61 Å². The zero-order chi connectivity index (χ0) is 12.8. The van der Waals surface area contributed by atoms with E-state index in [9.17, 15) is 14.4 Å². The molecule has 2 fully saturated rings. The van der Waals surface area contributed by atoms with Crippen LogP contribution in [0.25, 0.3) is 0 Å². The Morgan fingerprint density at radius 3 is 2.53 bits per heavy atom. The van der Waals surface area contributed by atoms with Crippen LogP contribution in [0, 0.1) is 17.3 Å². The largest absolute Gasteiger partial charge is 0.481 e. The average Bonchev–Trinajstić information content (AvgIpc) is 2.58. The van der Waals surface area contributed by atoms with Crippen LogP contribution in [-0.2, 0) is 19.2 Å². The number of hydrogen-bond acceptors (Lipinski definition) is 4. The van der Waals surface area contributed by atoms with Gasteiger partial charge < -0.3 is 10.4 Å². The van der Waals surface area contributed by atoms with Crippen molar-refractivity contribution >= 4 is 17.8 Å². The number of carboxylic acid groups (broad SMARTS) is 1. The van der Waals surface area contributed by atoms with Crippen LogP contribution in [0.15, 0.2) is 0 Å². The van der Waals surface area contributed by atoms with Crippen molar-refractivity contribution in [3.63, 3.8) is 0 Å². The number of nitrogens with one attached hydrogen (secondary N) is 2. The molecule has 0 aromatic carbocycles. The van der Waals surface area contributed by atoms with Crippen LogP contribution >= 0.6 is 0 Å². The van der Waals surface area contributed by atoms with Crippen LogP contribution in [0.4, 0.5) is 0 Å². The Morgan fingerprint density at radius 2 is 2.12 bits per heavy atom. The number of aliphatic carboxylic acids is 1. The van der Waals surface area contributed by atoms with E-state index in [4.69, 9.17) is 5.11 Å². The first-order chi connectivity index (χ1) is 7.85. The van der Waals surface area contributed by atoms with Gasteiger partial charge in [-0.05, 0) is 5.41 Å². The third kappa shape index (κ3) is 1.86. The maximum absolute atomic E-state index is 11.8. The van der Waals surface area contributed by atoms with E-state index in [0.29, 0.717) is 0 Å². The Kier molecular flexibility index (Phi) is 2.57. The Bertz CT molecular complexity index is 392. The summed E-state index contributed by atoms with van der Waals surface area (Å²) in [5.74, 6) is -3.08. The molecule has 7 heteroatoms. The quantitative estimate of drug-likeness (QED) is 0.582. The van der Waals surface area contributed by atoms with Crippen LogP contribution in [-0.4, -0.2) is 35.5 Å². The molecule has 1 aliphatic heterocycles. The molecule has 7 nitrogen and oxygen atoms in total. The lowest BCUT2D eigenvalue weighted by Crippen LogP contribution is -2.43. The van der Waals surface area contributed by atoms with Crippen molar-refractivity contribution in [2.45, 2.75) is 19.9 Å². The highest BCUT2D eigenvalue weighted by atomic mass is 16.7. The maximum Gasteiger partial charge on any atom is 0.307 e. The van der Waals surface area contributed by atoms with Gasteiger partial charge in [-0.15, -0.1) is 0 Å². The number of carbonyl (C=O) groups excluding carboxylic acids is 2. The Hall–Kier alpha value is -1.63. The van der Waals surface area contributed by atoms with Crippen LogP contribution in [0.1, 0.15) is 13.8 Å². The lowest BCUT2D eigenvalue weighted by atomic mass is 10.1. The molecule has 0 bridgehead atoms. The average molecular weight is 242 g/mol. The molecule has 2 aliphatic rings. The van der Waals surface area contributed by atoms with E-state index in [2.05, 4.69) is 15.6 Å². The molecule has 1 heterocycles. The zero-order valence-corrected chi connectivity index (χ0v) is 9.52. The van der Waals surface area contributed by atoms with Crippen molar-refractivity contribution in [3.05, 3.63) is 0 Å². The molecule has 3 atom stereocenters. The van der Waals surface area contributed by atoms with Crippen LogP contribution in [0.3, 0.4) is 0 Å². The van der Waals surface area contributed by atoms with Crippen molar-refractivity contribution in [3.8, 4) is 0 Å². The van der Waals surface area contributed by atoms with E-state index in [1.165, 1.54) is 0 Å². The summed E-state index contributed by atoms with van der Waals surface area (Å²) in [6.07, 6.45) is 0. The third-order valence-corrected chi connectivity index (χ3v) is 3.43. The van der Waals surface area contributed by atoms with Crippen molar-refractivity contribution < 1.29 is 24.3 Å². The molecule has 1 saturated carbocycles. The first-order valence-corrected chi connectivity index (χ1v) is 5.30. The summed E-state index contributed by atoms with van der Waals surface area (Å²) in [6.45, 7) is 3.51. The SMILES string of the molecule is CC1(C)[C@H](C(=O)O)[C@@H]1C(=O)N[C@@H]1CONC1=O. The Balaban J connectivity index is 1.98. The van der Waals surface area contributed by atoms with Crippen LogP contribution < -0.4 is 10.8 Å². The van der Waals surface area contributed by atoms with Gasteiger partial charge in [0.1, 0.15) is 12.6 Å². The fraction of sp³-hybridized carbons (Fsp3) is 0.700. The highest BCUT2D eigenvalue weighted by molar-refractivity contribution is 5.94. The molecular weight excluding hydrogens is 228 g/mol. The topological polar surface area (TPSA) is 105 Å². The molecule has 3 N–H and O–H groups in total. The molecule has 0 spiro atoms. The second-order valence-corrected chi connectivity index (χ2v) is 4.95. The number of carboxylic acids is 1. The van der Waals surface area contributed by atoms with Gasteiger partial charge in [0.25, 0.3) is 5.91 Å². The molecule has 1 saturated heterocycles. The molecule has 0 aromatic rings. The summed E-state index contributed by atoms with van der Waals surface area (Å²) in [5.41, 5.74) is 1.56. The Morgan fingerprint density at radius 1 is 1.47 bits per heavy atom. The van der Waals surface area contributed by atoms with E-state index in [-0.39, 0.29) is 6.61 Å². The molecule has 17 heavy (non-hydrogen) atoms. The van der Waals surface area contributed by atoms with Gasteiger partial charge in [-0.25, -0.2) is 5.48 Å². The fourth-order valence-corrected chi connectivity index (χ4v) is 2.30. The second kappa shape index (κ2) is 3.69.